The molecule has 7 heteroatoms. The molecule has 136 valence electrons. The molecule has 7 nitrogen and oxygen atoms in total. The zero-order chi connectivity index (χ0) is 18.6. The summed E-state index contributed by atoms with van der Waals surface area (Å²) >= 11 is 0. The van der Waals surface area contributed by atoms with Crippen molar-refractivity contribution in [1.29, 1.82) is 5.26 Å². The maximum atomic E-state index is 12.8. The van der Waals surface area contributed by atoms with Gasteiger partial charge in [-0.05, 0) is 44.0 Å². The maximum Gasteiger partial charge on any atom is 0.264 e. The lowest BCUT2D eigenvalue weighted by Crippen LogP contribution is -2.53. The van der Waals surface area contributed by atoms with Crippen LogP contribution < -0.4 is 4.74 Å². The highest BCUT2D eigenvalue weighted by Gasteiger charge is 2.40. The summed E-state index contributed by atoms with van der Waals surface area (Å²) in [5, 5.41) is 17.1. The van der Waals surface area contributed by atoms with E-state index in [-0.39, 0.29) is 5.91 Å². The minimum Gasteiger partial charge on any atom is -0.481 e. The Labute approximate surface area is 152 Å². The second kappa shape index (κ2) is 7.56. The van der Waals surface area contributed by atoms with Crippen LogP contribution in [0.2, 0.25) is 0 Å². The van der Waals surface area contributed by atoms with Crippen LogP contribution in [0.3, 0.4) is 0 Å². The number of carbonyl (C=O) groups is 1. The zero-order valence-corrected chi connectivity index (χ0v) is 15.0. The first-order valence-electron chi connectivity index (χ1n) is 8.78. The minimum atomic E-state index is -0.714. The van der Waals surface area contributed by atoms with Crippen LogP contribution in [-0.4, -0.2) is 39.7 Å². The molecular weight excluding hydrogens is 332 g/mol. The smallest absolute Gasteiger partial charge is 0.264 e. The molecule has 0 N–H and O–H groups in total. The molecule has 1 fully saturated rings. The van der Waals surface area contributed by atoms with Crippen molar-refractivity contribution in [2.45, 2.75) is 50.7 Å². The van der Waals surface area contributed by atoms with Gasteiger partial charge in [0.05, 0.1) is 6.07 Å². The van der Waals surface area contributed by atoms with Gasteiger partial charge in [0.25, 0.3) is 5.91 Å². The molecule has 1 amide bonds. The van der Waals surface area contributed by atoms with Crippen molar-refractivity contribution in [3.63, 3.8) is 0 Å². The summed E-state index contributed by atoms with van der Waals surface area (Å²) in [5.74, 6) is 0.806. The second-order valence-electron chi connectivity index (χ2n) is 6.63. The SMILES string of the molecule is CC(Oc1ccc(-c2nnco2)cc1)C(=O)N(C)C1(C#N)CCCCC1. The number of aromatic nitrogens is 2. The van der Waals surface area contributed by atoms with Gasteiger partial charge in [0, 0.05) is 12.6 Å². The standard InChI is InChI=1S/C19H22N4O3/c1-14(18(24)23(2)19(12-20)10-4-3-5-11-19)26-16-8-6-15(7-9-16)17-22-21-13-25-17/h6-9,13-14H,3-5,10-11H2,1-2H3. The van der Waals surface area contributed by atoms with Crippen molar-refractivity contribution in [2.24, 2.45) is 0 Å². The van der Waals surface area contributed by atoms with Crippen LogP contribution in [0.25, 0.3) is 11.5 Å². The number of hydrogen-bond acceptors (Lipinski definition) is 6. The van der Waals surface area contributed by atoms with Crippen LogP contribution in [0.4, 0.5) is 0 Å². The molecule has 1 heterocycles. The van der Waals surface area contributed by atoms with Crippen molar-refractivity contribution >= 4 is 5.91 Å². The average molecular weight is 354 g/mol. The Morgan fingerprint density at radius 2 is 2.00 bits per heavy atom. The topological polar surface area (TPSA) is 92.2 Å². The number of likely N-dealkylation sites (N-methyl/N-ethyl adjacent to an activating group) is 1. The fraction of sp³-hybridized carbons (Fsp3) is 0.474. The summed E-state index contributed by atoms with van der Waals surface area (Å²) in [6.45, 7) is 1.71. The molecule has 1 aliphatic rings. The Hall–Kier alpha value is -2.88. The van der Waals surface area contributed by atoms with Crippen LogP contribution in [-0.2, 0) is 4.79 Å². The van der Waals surface area contributed by atoms with Crippen LogP contribution in [0.1, 0.15) is 39.0 Å². The number of carbonyl (C=O) groups excluding carboxylic acids is 1. The van der Waals surface area contributed by atoms with E-state index < -0.39 is 11.6 Å². The van der Waals surface area contributed by atoms with Gasteiger partial charge in [-0.15, -0.1) is 10.2 Å². The van der Waals surface area contributed by atoms with Crippen LogP contribution in [0.15, 0.2) is 35.1 Å². The summed E-state index contributed by atoms with van der Waals surface area (Å²) in [7, 11) is 1.70. The second-order valence-corrected chi connectivity index (χ2v) is 6.63. The lowest BCUT2D eigenvalue weighted by atomic mass is 9.81. The van der Waals surface area contributed by atoms with E-state index in [1.165, 1.54) is 6.39 Å². The molecule has 1 aromatic heterocycles. The third-order valence-corrected chi connectivity index (χ3v) is 4.98. The molecule has 0 radical (unpaired) electrons. The van der Waals surface area contributed by atoms with Crippen molar-refractivity contribution in [3.8, 4) is 23.3 Å². The van der Waals surface area contributed by atoms with Gasteiger partial charge in [-0.1, -0.05) is 19.3 Å². The van der Waals surface area contributed by atoms with Crippen LogP contribution in [0.5, 0.6) is 5.75 Å². The number of amides is 1. The number of nitriles is 1. The maximum absolute atomic E-state index is 12.8. The number of nitrogens with zero attached hydrogens (tertiary/aromatic N) is 4. The van der Waals surface area contributed by atoms with Crippen molar-refractivity contribution < 1.29 is 13.9 Å². The van der Waals surface area contributed by atoms with E-state index in [4.69, 9.17) is 9.15 Å². The van der Waals surface area contributed by atoms with Crippen molar-refractivity contribution in [1.82, 2.24) is 15.1 Å². The largest absolute Gasteiger partial charge is 0.481 e. The average Bonchev–Trinajstić information content (AvgIpc) is 3.22. The van der Waals surface area contributed by atoms with E-state index in [2.05, 4.69) is 16.3 Å². The van der Waals surface area contributed by atoms with Gasteiger partial charge >= 0.3 is 0 Å². The third-order valence-electron chi connectivity index (χ3n) is 4.98. The number of rotatable bonds is 5. The van der Waals surface area contributed by atoms with E-state index in [9.17, 15) is 10.1 Å². The molecule has 0 bridgehead atoms. The fourth-order valence-corrected chi connectivity index (χ4v) is 3.37. The van der Waals surface area contributed by atoms with Gasteiger partial charge < -0.3 is 14.1 Å². The van der Waals surface area contributed by atoms with Gasteiger partial charge in [0.15, 0.2) is 6.10 Å². The molecule has 0 aliphatic heterocycles. The minimum absolute atomic E-state index is 0.186. The molecule has 0 spiro atoms. The predicted octanol–water partition coefficient (Wildman–Crippen LogP) is 3.19. The summed E-state index contributed by atoms with van der Waals surface area (Å²) in [6, 6.07) is 9.46. The van der Waals surface area contributed by atoms with Crippen molar-refractivity contribution in [2.75, 3.05) is 7.05 Å². The molecule has 26 heavy (non-hydrogen) atoms. The molecule has 0 saturated heterocycles. The van der Waals surface area contributed by atoms with E-state index in [0.29, 0.717) is 11.6 Å². The highest BCUT2D eigenvalue weighted by molar-refractivity contribution is 5.82. The molecule has 1 unspecified atom stereocenters. The Morgan fingerprint density at radius 1 is 1.31 bits per heavy atom. The molecular formula is C19H22N4O3. The Bertz CT molecular complexity index is 774. The fourth-order valence-electron chi connectivity index (χ4n) is 3.37. The van der Waals surface area contributed by atoms with Gasteiger partial charge in [-0.25, -0.2) is 0 Å². The number of hydrogen-bond donors (Lipinski definition) is 0. The highest BCUT2D eigenvalue weighted by atomic mass is 16.5. The normalized spacial score (nSPS) is 17.1. The molecule has 1 saturated carbocycles. The van der Waals surface area contributed by atoms with E-state index in [1.807, 2.05) is 0 Å². The van der Waals surface area contributed by atoms with E-state index in [1.54, 1.807) is 43.1 Å². The Balaban J connectivity index is 1.66. The van der Waals surface area contributed by atoms with Crippen molar-refractivity contribution in [3.05, 3.63) is 30.7 Å². The highest BCUT2D eigenvalue weighted by Crippen LogP contribution is 2.33. The first-order chi connectivity index (χ1) is 12.6. The first-order valence-corrected chi connectivity index (χ1v) is 8.78. The number of ether oxygens (including phenoxy) is 1. The lowest BCUT2D eigenvalue weighted by Gasteiger charge is -2.40. The monoisotopic (exact) mass is 354 g/mol. The summed E-state index contributed by atoms with van der Waals surface area (Å²) < 4.78 is 10.9. The summed E-state index contributed by atoms with van der Waals surface area (Å²) in [5.41, 5.74) is 0.0611. The van der Waals surface area contributed by atoms with E-state index in [0.717, 1.165) is 37.7 Å². The predicted molar refractivity (Wildman–Crippen MR) is 94.0 cm³/mol. The van der Waals surface area contributed by atoms with Gasteiger partial charge in [-0.3, -0.25) is 4.79 Å². The van der Waals surface area contributed by atoms with E-state index >= 15 is 0 Å². The molecule has 3 rings (SSSR count). The molecule has 2 aromatic rings. The van der Waals surface area contributed by atoms with Gasteiger partial charge in [0.1, 0.15) is 11.3 Å². The molecule has 1 atom stereocenters. The van der Waals surface area contributed by atoms with Crippen LogP contribution >= 0.6 is 0 Å². The zero-order valence-electron chi connectivity index (χ0n) is 15.0. The summed E-state index contributed by atoms with van der Waals surface area (Å²) in [6.07, 6.45) is 5.08. The molecule has 1 aliphatic carbocycles. The number of benzene rings is 1. The Kier molecular flexibility index (Phi) is 5.21. The Morgan fingerprint density at radius 3 is 2.58 bits per heavy atom. The quantitative estimate of drug-likeness (QED) is 0.819. The molecule has 1 aromatic carbocycles. The van der Waals surface area contributed by atoms with Gasteiger partial charge in [-0.2, -0.15) is 5.26 Å². The third kappa shape index (κ3) is 3.54. The summed E-state index contributed by atoms with van der Waals surface area (Å²) in [4.78, 5) is 14.4. The first kappa shape index (κ1) is 17.9. The lowest BCUT2D eigenvalue weighted by molar-refractivity contribution is -0.141. The van der Waals surface area contributed by atoms with Crippen LogP contribution in [0, 0.1) is 11.3 Å². The van der Waals surface area contributed by atoms with Gasteiger partial charge in [0.2, 0.25) is 12.3 Å².